The average molecular weight is 311 g/mol. The van der Waals surface area contributed by atoms with Gasteiger partial charge in [0.2, 0.25) is 0 Å². The van der Waals surface area contributed by atoms with Crippen molar-refractivity contribution in [3.63, 3.8) is 0 Å². The molecule has 1 N–H and O–H groups in total. The molecular formula is C11H17BrClNO2. The van der Waals surface area contributed by atoms with E-state index in [4.69, 9.17) is 9.47 Å². The summed E-state index contributed by atoms with van der Waals surface area (Å²) in [6, 6.07) is 3.90. The zero-order valence-corrected chi connectivity index (χ0v) is 12.1. The molecule has 16 heavy (non-hydrogen) atoms. The summed E-state index contributed by atoms with van der Waals surface area (Å²) in [6.07, 6.45) is 0. The number of ether oxygens (including phenoxy) is 2. The van der Waals surface area contributed by atoms with Gasteiger partial charge in [0.1, 0.15) is 0 Å². The first-order valence-corrected chi connectivity index (χ1v) is 5.63. The zero-order chi connectivity index (χ0) is 11.3. The molecule has 0 aliphatic rings. The Balaban J connectivity index is 0.00000225. The standard InChI is InChI=1S/C11H16BrNO2.ClH/c1-4-13-7-8-5-10(14-2)11(15-3)6-9(8)12;/h5-6,13H,4,7H2,1-3H3;1H. The third-order valence-corrected chi connectivity index (χ3v) is 2.86. The molecule has 0 spiro atoms. The lowest BCUT2D eigenvalue weighted by Gasteiger charge is -2.11. The van der Waals surface area contributed by atoms with Crippen LogP contribution < -0.4 is 14.8 Å². The second-order valence-electron chi connectivity index (χ2n) is 3.08. The second kappa shape index (κ2) is 7.76. The Labute approximate surface area is 111 Å². The van der Waals surface area contributed by atoms with Gasteiger partial charge in [-0.05, 0) is 24.2 Å². The van der Waals surface area contributed by atoms with Crippen molar-refractivity contribution in [2.24, 2.45) is 0 Å². The summed E-state index contributed by atoms with van der Waals surface area (Å²) in [5.74, 6) is 1.50. The highest BCUT2D eigenvalue weighted by Gasteiger charge is 2.08. The number of hydrogen-bond donors (Lipinski definition) is 1. The smallest absolute Gasteiger partial charge is 0.161 e. The quantitative estimate of drug-likeness (QED) is 0.907. The van der Waals surface area contributed by atoms with Crippen molar-refractivity contribution in [3.05, 3.63) is 22.2 Å². The molecule has 0 bridgehead atoms. The maximum Gasteiger partial charge on any atom is 0.161 e. The van der Waals surface area contributed by atoms with E-state index in [1.54, 1.807) is 14.2 Å². The molecule has 1 aromatic rings. The highest BCUT2D eigenvalue weighted by molar-refractivity contribution is 9.10. The third kappa shape index (κ3) is 3.85. The topological polar surface area (TPSA) is 30.5 Å². The minimum Gasteiger partial charge on any atom is -0.493 e. The molecule has 0 unspecified atom stereocenters. The van der Waals surface area contributed by atoms with Gasteiger partial charge in [-0.3, -0.25) is 0 Å². The van der Waals surface area contributed by atoms with Gasteiger partial charge in [0.05, 0.1) is 14.2 Å². The molecule has 0 amide bonds. The molecule has 1 rings (SSSR count). The minimum atomic E-state index is 0. The van der Waals surface area contributed by atoms with Crippen LogP contribution in [-0.2, 0) is 6.54 Å². The fourth-order valence-electron chi connectivity index (χ4n) is 1.29. The lowest BCUT2D eigenvalue weighted by atomic mass is 10.2. The number of rotatable bonds is 5. The van der Waals surface area contributed by atoms with Gasteiger partial charge < -0.3 is 14.8 Å². The SMILES string of the molecule is CCNCc1cc(OC)c(OC)cc1Br.Cl. The van der Waals surface area contributed by atoms with Crippen LogP contribution in [0.25, 0.3) is 0 Å². The van der Waals surface area contributed by atoms with E-state index >= 15 is 0 Å². The largest absolute Gasteiger partial charge is 0.493 e. The van der Waals surface area contributed by atoms with Crippen LogP contribution in [0.3, 0.4) is 0 Å². The van der Waals surface area contributed by atoms with E-state index in [2.05, 4.69) is 28.2 Å². The molecule has 5 heteroatoms. The van der Waals surface area contributed by atoms with Crippen LogP contribution in [0, 0.1) is 0 Å². The number of methoxy groups -OCH3 is 2. The van der Waals surface area contributed by atoms with Gasteiger partial charge in [-0.1, -0.05) is 22.9 Å². The predicted octanol–water partition coefficient (Wildman–Crippen LogP) is 3.00. The van der Waals surface area contributed by atoms with Crippen LogP contribution in [0.1, 0.15) is 12.5 Å². The molecule has 92 valence electrons. The Morgan fingerprint density at radius 1 is 1.19 bits per heavy atom. The van der Waals surface area contributed by atoms with Crippen molar-refractivity contribution in [1.29, 1.82) is 0 Å². The van der Waals surface area contributed by atoms with Crippen molar-refractivity contribution in [1.82, 2.24) is 5.32 Å². The maximum absolute atomic E-state index is 5.24. The zero-order valence-electron chi connectivity index (χ0n) is 9.67. The molecule has 3 nitrogen and oxygen atoms in total. The van der Waals surface area contributed by atoms with Gasteiger partial charge in [-0.25, -0.2) is 0 Å². The fraction of sp³-hybridized carbons (Fsp3) is 0.455. The van der Waals surface area contributed by atoms with Gasteiger partial charge >= 0.3 is 0 Å². The fourth-order valence-corrected chi connectivity index (χ4v) is 1.75. The summed E-state index contributed by atoms with van der Waals surface area (Å²) in [5.41, 5.74) is 1.16. The minimum absolute atomic E-state index is 0. The van der Waals surface area contributed by atoms with Gasteiger partial charge in [-0.15, -0.1) is 12.4 Å². The van der Waals surface area contributed by atoms with Crippen LogP contribution in [-0.4, -0.2) is 20.8 Å². The van der Waals surface area contributed by atoms with E-state index in [0.29, 0.717) is 0 Å². The van der Waals surface area contributed by atoms with Crippen LogP contribution in [0.5, 0.6) is 11.5 Å². The molecule has 0 aliphatic heterocycles. The van der Waals surface area contributed by atoms with E-state index in [1.165, 1.54) is 0 Å². The Morgan fingerprint density at radius 2 is 1.75 bits per heavy atom. The van der Waals surface area contributed by atoms with Gasteiger partial charge in [0, 0.05) is 11.0 Å². The van der Waals surface area contributed by atoms with Crippen molar-refractivity contribution in [2.45, 2.75) is 13.5 Å². The van der Waals surface area contributed by atoms with Crippen molar-refractivity contribution in [3.8, 4) is 11.5 Å². The molecule has 0 radical (unpaired) electrons. The first-order chi connectivity index (χ1) is 7.22. The first-order valence-electron chi connectivity index (χ1n) is 4.84. The van der Waals surface area contributed by atoms with Crippen LogP contribution in [0.4, 0.5) is 0 Å². The average Bonchev–Trinajstić information content (AvgIpc) is 2.27. The van der Waals surface area contributed by atoms with E-state index in [0.717, 1.165) is 34.6 Å². The molecular weight excluding hydrogens is 293 g/mol. The van der Waals surface area contributed by atoms with Crippen molar-refractivity contribution in [2.75, 3.05) is 20.8 Å². The summed E-state index contributed by atoms with van der Waals surface area (Å²) >= 11 is 3.51. The number of halogens is 2. The van der Waals surface area contributed by atoms with E-state index in [-0.39, 0.29) is 12.4 Å². The molecule has 0 atom stereocenters. The Kier molecular flexibility index (Phi) is 7.55. The summed E-state index contributed by atoms with van der Waals surface area (Å²) in [6.45, 7) is 3.84. The molecule has 0 saturated carbocycles. The third-order valence-electron chi connectivity index (χ3n) is 2.12. The summed E-state index contributed by atoms with van der Waals surface area (Å²) < 4.78 is 11.5. The van der Waals surface area contributed by atoms with Crippen molar-refractivity contribution < 1.29 is 9.47 Å². The first kappa shape index (κ1) is 15.5. The van der Waals surface area contributed by atoms with Crippen LogP contribution in [0.2, 0.25) is 0 Å². The molecule has 0 aromatic heterocycles. The second-order valence-corrected chi connectivity index (χ2v) is 3.93. The molecule has 0 fully saturated rings. The van der Waals surface area contributed by atoms with Gasteiger partial charge in [0.15, 0.2) is 11.5 Å². The lowest BCUT2D eigenvalue weighted by molar-refractivity contribution is 0.354. The highest BCUT2D eigenvalue weighted by atomic mass is 79.9. The highest BCUT2D eigenvalue weighted by Crippen LogP contribution is 2.33. The number of nitrogens with one attached hydrogen (secondary N) is 1. The summed E-state index contributed by atoms with van der Waals surface area (Å²) in [4.78, 5) is 0. The van der Waals surface area contributed by atoms with Gasteiger partial charge in [-0.2, -0.15) is 0 Å². The van der Waals surface area contributed by atoms with Crippen molar-refractivity contribution >= 4 is 28.3 Å². The molecule has 0 heterocycles. The molecule has 0 aliphatic carbocycles. The van der Waals surface area contributed by atoms with E-state index in [9.17, 15) is 0 Å². The monoisotopic (exact) mass is 309 g/mol. The van der Waals surface area contributed by atoms with Gasteiger partial charge in [0.25, 0.3) is 0 Å². The Morgan fingerprint density at radius 3 is 2.25 bits per heavy atom. The van der Waals surface area contributed by atoms with Crippen LogP contribution >= 0.6 is 28.3 Å². The number of hydrogen-bond acceptors (Lipinski definition) is 3. The summed E-state index contributed by atoms with van der Waals surface area (Å²) in [5, 5.41) is 3.27. The normalized spacial score (nSPS) is 9.50. The van der Waals surface area contributed by atoms with Crippen LogP contribution in [0.15, 0.2) is 16.6 Å². The maximum atomic E-state index is 5.24. The number of benzene rings is 1. The summed E-state index contributed by atoms with van der Waals surface area (Å²) in [7, 11) is 3.27. The lowest BCUT2D eigenvalue weighted by Crippen LogP contribution is -2.12. The Hall–Kier alpha value is -0.450. The van der Waals surface area contributed by atoms with E-state index in [1.807, 2.05) is 12.1 Å². The molecule has 0 saturated heterocycles. The Bertz CT molecular complexity index is 334. The predicted molar refractivity (Wildman–Crippen MR) is 71.9 cm³/mol. The van der Waals surface area contributed by atoms with E-state index < -0.39 is 0 Å². The molecule has 1 aromatic carbocycles.